The molecule has 0 aliphatic heterocycles. The standard InChI is InChI=1S/C20H21Cl2N3O/c1-13(2)24-20-9-17(18(22)10-23-20)15-6-7-25(11-15)19(12-26)14-4-3-5-16(21)8-14/h3-11,13,19,26H,12H2,1-2H3,(H,23,24)/t19-/m1/s1. The number of benzene rings is 1. The molecular formula is C20H21Cl2N3O. The van der Waals surface area contributed by atoms with Gasteiger partial charge < -0.3 is 15.0 Å². The maximum absolute atomic E-state index is 9.89. The number of aliphatic hydroxyl groups is 1. The van der Waals surface area contributed by atoms with E-state index in [4.69, 9.17) is 23.2 Å². The van der Waals surface area contributed by atoms with Crippen molar-refractivity contribution in [1.82, 2.24) is 9.55 Å². The molecule has 0 aliphatic carbocycles. The van der Waals surface area contributed by atoms with Crippen molar-refractivity contribution in [3.63, 3.8) is 0 Å². The van der Waals surface area contributed by atoms with Gasteiger partial charge in [-0.1, -0.05) is 35.3 Å². The van der Waals surface area contributed by atoms with Crippen molar-refractivity contribution in [3.05, 3.63) is 70.6 Å². The number of aliphatic hydroxyl groups excluding tert-OH is 1. The highest BCUT2D eigenvalue weighted by atomic mass is 35.5. The molecule has 0 saturated carbocycles. The van der Waals surface area contributed by atoms with Crippen LogP contribution in [0.25, 0.3) is 11.1 Å². The fourth-order valence-corrected chi connectivity index (χ4v) is 3.30. The molecule has 0 aliphatic rings. The quantitative estimate of drug-likeness (QED) is 0.604. The molecule has 4 nitrogen and oxygen atoms in total. The Hall–Kier alpha value is -2.01. The number of anilines is 1. The van der Waals surface area contributed by atoms with E-state index in [9.17, 15) is 5.11 Å². The summed E-state index contributed by atoms with van der Waals surface area (Å²) in [7, 11) is 0. The molecular weight excluding hydrogens is 369 g/mol. The van der Waals surface area contributed by atoms with Gasteiger partial charge in [-0.25, -0.2) is 4.98 Å². The normalized spacial score (nSPS) is 12.4. The summed E-state index contributed by atoms with van der Waals surface area (Å²) in [4.78, 5) is 4.32. The number of hydrogen-bond acceptors (Lipinski definition) is 3. The van der Waals surface area contributed by atoms with E-state index in [1.165, 1.54) is 0 Å². The number of nitrogens with one attached hydrogen (secondary N) is 1. The topological polar surface area (TPSA) is 50.1 Å². The van der Waals surface area contributed by atoms with Gasteiger partial charge in [-0.3, -0.25) is 0 Å². The lowest BCUT2D eigenvalue weighted by Crippen LogP contribution is -2.13. The Morgan fingerprint density at radius 2 is 2.00 bits per heavy atom. The van der Waals surface area contributed by atoms with Gasteiger partial charge in [0.25, 0.3) is 0 Å². The zero-order valence-electron chi connectivity index (χ0n) is 14.7. The van der Waals surface area contributed by atoms with Crippen molar-refractivity contribution in [3.8, 4) is 11.1 Å². The molecule has 136 valence electrons. The smallest absolute Gasteiger partial charge is 0.126 e. The van der Waals surface area contributed by atoms with Crippen molar-refractivity contribution in [1.29, 1.82) is 0 Å². The molecule has 6 heteroatoms. The zero-order chi connectivity index (χ0) is 18.7. The molecule has 0 radical (unpaired) electrons. The molecule has 0 bridgehead atoms. The van der Waals surface area contributed by atoms with E-state index < -0.39 is 0 Å². The molecule has 2 N–H and O–H groups in total. The first-order chi connectivity index (χ1) is 12.5. The van der Waals surface area contributed by atoms with Crippen molar-refractivity contribution < 1.29 is 5.11 Å². The Bertz CT molecular complexity index is 892. The van der Waals surface area contributed by atoms with Crippen LogP contribution in [0.2, 0.25) is 10.0 Å². The van der Waals surface area contributed by atoms with E-state index in [0.717, 1.165) is 22.5 Å². The summed E-state index contributed by atoms with van der Waals surface area (Å²) in [6.45, 7) is 4.09. The van der Waals surface area contributed by atoms with E-state index in [1.54, 1.807) is 6.20 Å². The van der Waals surface area contributed by atoms with Gasteiger partial charge in [-0.05, 0) is 43.7 Å². The molecule has 1 atom stereocenters. The number of aromatic nitrogens is 2. The Morgan fingerprint density at radius 3 is 2.69 bits per heavy atom. The van der Waals surface area contributed by atoms with Crippen molar-refractivity contribution in [2.75, 3.05) is 11.9 Å². The van der Waals surface area contributed by atoms with E-state index in [2.05, 4.69) is 24.1 Å². The van der Waals surface area contributed by atoms with Gasteiger partial charge >= 0.3 is 0 Å². The molecule has 2 heterocycles. The first-order valence-electron chi connectivity index (χ1n) is 8.44. The fraction of sp³-hybridized carbons (Fsp3) is 0.250. The van der Waals surface area contributed by atoms with E-state index >= 15 is 0 Å². The van der Waals surface area contributed by atoms with Gasteiger partial charge in [0.2, 0.25) is 0 Å². The van der Waals surface area contributed by atoms with Gasteiger partial charge in [-0.2, -0.15) is 0 Å². The Balaban J connectivity index is 1.94. The van der Waals surface area contributed by atoms with Crippen LogP contribution >= 0.6 is 23.2 Å². The lowest BCUT2D eigenvalue weighted by Gasteiger charge is -2.17. The third kappa shape index (κ3) is 4.21. The minimum atomic E-state index is -0.212. The maximum Gasteiger partial charge on any atom is 0.126 e. The number of pyridine rings is 1. The molecule has 26 heavy (non-hydrogen) atoms. The highest BCUT2D eigenvalue weighted by Gasteiger charge is 2.15. The predicted molar refractivity (Wildman–Crippen MR) is 108 cm³/mol. The van der Waals surface area contributed by atoms with Crippen molar-refractivity contribution in [2.45, 2.75) is 25.9 Å². The average Bonchev–Trinajstić information content (AvgIpc) is 3.06. The monoisotopic (exact) mass is 389 g/mol. The largest absolute Gasteiger partial charge is 0.394 e. The van der Waals surface area contributed by atoms with Crippen LogP contribution in [0.4, 0.5) is 5.82 Å². The van der Waals surface area contributed by atoms with Crippen LogP contribution in [-0.2, 0) is 0 Å². The maximum atomic E-state index is 9.89. The molecule has 1 aromatic carbocycles. The first kappa shape index (κ1) is 18.8. The second-order valence-electron chi connectivity index (χ2n) is 6.45. The minimum Gasteiger partial charge on any atom is -0.394 e. The Labute approximate surface area is 163 Å². The van der Waals surface area contributed by atoms with Gasteiger partial charge in [0, 0.05) is 40.8 Å². The minimum absolute atomic E-state index is 0.0291. The number of hydrogen-bond donors (Lipinski definition) is 2. The second kappa shape index (κ2) is 8.12. The fourth-order valence-electron chi connectivity index (χ4n) is 2.89. The van der Waals surface area contributed by atoms with E-state index in [0.29, 0.717) is 10.0 Å². The molecule has 3 rings (SSSR count). The first-order valence-corrected chi connectivity index (χ1v) is 9.19. The lowest BCUT2D eigenvalue weighted by molar-refractivity contribution is 0.249. The van der Waals surface area contributed by atoms with Gasteiger partial charge in [0.05, 0.1) is 17.7 Å². The third-order valence-corrected chi connectivity index (χ3v) is 4.62. The SMILES string of the molecule is CC(C)Nc1cc(-c2ccn([C@H](CO)c3cccc(Cl)c3)c2)c(Cl)cn1. The third-order valence-electron chi connectivity index (χ3n) is 4.08. The van der Waals surface area contributed by atoms with E-state index in [-0.39, 0.29) is 18.7 Å². The zero-order valence-corrected chi connectivity index (χ0v) is 16.2. The molecule has 0 fully saturated rings. The number of rotatable bonds is 6. The highest BCUT2D eigenvalue weighted by Crippen LogP contribution is 2.31. The summed E-state index contributed by atoms with van der Waals surface area (Å²) in [5.41, 5.74) is 2.81. The average molecular weight is 390 g/mol. The summed E-state index contributed by atoms with van der Waals surface area (Å²) in [5, 5.41) is 14.4. The lowest BCUT2D eigenvalue weighted by atomic mass is 10.1. The van der Waals surface area contributed by atoms with Crippen LogP contribution in [0, 0.1) is 0 Å². The molecule has 0 spiro atoms. The van der Waals surface area contributed by atoms with Crippen molar-refractivity contribution in [2.24, 2.45) is 0 Å². The molecule has 2 aromatic heterocycles. The van der Waals surface area contributed by atoms with Crippen LogP contribution in [0.3, 0.4) is 0 Å². The van der Waals surface area contributed by atoms with E-state index in [1.807, 2.05) is 53.4 Å². The van der Waals surface area contributed by atoms with Crippen LogP contribution < -0.4 is 5.32 Å². The summed E-state index contributed by atoms with van der Waals surface area (Å²) in [6.07, 6.45) is 5.56. The van der Waals surface area contributed by atoms with Gasteiger partial charge in [0.1, 0.15) is 5.82 Å². The van der Waals surface area contributed by atoms with Crippen molar-refractivity contribution >= 4 is 29.0 Å². The number of halogens is 2. The van der Waals surface area contributed by atoms with Crippen LogP contribution in [-0.4, -0.2) is 27.3 Å². The Kier molecular flexibility index (Phi) is 5.87. The molecule has 0 saturated heterocycles. The van der Waals surface area contributed by atoms with Crippen LogP contribution in [0.1, 0.15) is 25.5 Å². The Morgan fingerprint density at radius 1 is 1.19 bits per heavy atom. The molecule has 0 amide bonds. The van der Waals surface area contributed by atoms with Crippen LogP contribution in [0.5, 0.6) is 0 Å². The molecule has 0 unspecified atom stereocenters. The summed E-state index contributed by atoms with van der Waals surface area (Å²) in [5.74, 6) is 0.778. The number of nitrogens with zero attached hydrogens (tertiary/aromatic N) is 2. The second-order valence-corrected chi connectivity index (χ2v) is 7.29. The summed E-state index contributed by atoms with van der Waals surface area (Å²) < 4.78 is 1.97. The predicted octanol–water partition coefficient (Wildman–Crippen LogP) is 5.26. The van der Waals surface area contributed by atoms with Gasteiger partial charge in [0.15, 0.2) is 0 Å². The highest BCUT2D eigenvalue weighted by molar-refractivity contribution is 6.33. The summed E-state index contributed by atoms with van der Waals surface area (Å²) in [6, 6.07) is 11.5. The van der Waals surface area contributed by atoms with Gasteiger partial charge in [-0.15, -0.1) is 0 Å². The summed E-state index contributed by atoms with van der Waals surface area (Å²) >= 11 is 12.5. The van der Waals surface area contributed by atoms with Crippen LogP contribution in [0.15, 0.2) is 55.0 Å². The molecule has 3 aromatic rings.